The molecule has 0 aliphatic carbocycles. The number of halogens is 2. The van der Waals surface area contributed by atoms with Crippen molar-refractivity contribution in [1.29, 1.82) is 0 Å². The molecule has 0 saturated heterocycles. The number of rotatable bonds is 5. The summed E-state index contributed by atoms with van der Waals surface area (Å²) in [7, 11) is 0. The zero-order valence-corrected chi connectivity index (χ0v) is 19.4. The molecular formula is C23H22ClFN4O2S. The fraction of sp³-hybridized carbons (Fsp3) is 0.304. The van der Waals surface area contributed by atoms with E-state index in [1.165, 1.54) is 17.0 Å². The van der Waals surface area contributed by atoms with Crippen LogP contribution in [0.25, 0.3) is 0 Å². The van der Waals surface area contributed by atoms with Crippen LogP contribution in [-0.2, 0) is 9.59 Å². The molecule has 2 aliphatic heterocycles. The molecule has 0 bridgehead atoms. The van der Waals surface area contributed by atoms with Crippen LogP contribution in [0.5, 0.6) is 0 Å². The van der Waals surface area contributed by atoms with Crippen LogP contribution >= 0.6 is 23.4 Å². The van der Waals surface area contributed by atoms with Gasteiger partial charge in [0.1, 0.15) is 17.7 Å². The number of hydrogen-bond donors (Lipinski definition) is 1. The lowest BCUT2D eigenvalue weighted by atomic mass is 10.00. The molecule has 2 aromatic rings. The molecule has 0 spiro atoms. The molecule has 0 fully saturated rings. The first-order chi connectivity index (χ1) is 15.3. The maximum atomic E-state index is 14.1. The van der Waals surface area contributed by atoms with Gasteiger partial charge in [0.25, 0.3) is 5.91 Å². The van der Waals surface area contributed by atoms with Crippen LogP contribution in [0.3, 0.4) is 0 Å². The van der Waals surface area contributed by atoms with Crippen LogP contribution in [0.1, 0.15) is 32.8 Å². The van der Waals surface area contributed by atoms with Gasteiger partial charge in [0.15, 0.2) is 5.17 Å². The normalized spacial score (nSPS) is 19.0. The van der Waals surface area contributed by atoms with Gasteiger partial charge in [-0.05, 0) is 43.2 Å². The van der Waals surface area contributed by atoms with Gasteiger partial charge in [0.05, 0.1) is 16.6 Å². The molecular weight excluding hydrogens is 451 g/mol. The number of para-hydroxylation sites is 1. The minimum atomic E-state index is -0.647. The third kappa shape index (κ3) is 4.17. The number of carbonyl (C=O) groups excluding carboxylic acids is 2. The number of hydrogen-bond acceptors (Lipinski definition) is 5. The van der Waals surface area contributed by atoms with Crippen LogP contribution < -0.4 is 5.32 Å². The molecule has 6 nitrogen and oxygen atoms in total. The predicted molar refractivity (Wildman–Crippen MR) is 127 cm³/mol. The summed E-state index contributed by atoms with van der Waals surface area (Å²) in [5.41, 5.74) is 1.52. The maximum absolute atomic E-state index is 14.1. The first-order valence-corrected chi connectivity index (χ1v) is 11.6. The van der Waals surface area contributed by atoms with Crippen molar-refractivity contribution in [3.8, 4) is 0 Å². The zero-order valence-electron chi connectivity index (χ0n) is 17.8. The fourth-order valence-corrected chi connectivity index (χ4v) is 4.55. The lowest BCUT2D eigenvalue weighted by Gasteiger charge is -2.27. The molecule has 2 heterocycles. The van der Waals surface area contributed by atoms with Crippen molar-refractivity contribution in [2.45, 2.75) is 38.5 Å². The van der Waals surface area contributed by atoms with E-state index in [0.29, 0.717) is 16.7 Å². The van der Waals surface area contributed by atoms with Crippen molar-refractivity contribution >= 4 is 57.6 Å². The van der Waals surface area contributed by atoms with Crippen molar-refractivity contribution in [1.82, 2.24) is 4.90 Å². The first kappa shape index (κ1) is 22.5. The standard InChI is InChI=1S/C23H22ClFN4O2S/c1-4-12(2)19-22(31)29-20(28-19)15-7-5-6-8-17(15)27-23(29)32-13(3)21(30)26-18-10-9-14(24)11-16(18)25/h5-13,19H,4H2,1-3H3,(H,26,30)/t12-,13+,19-/m0/s1. The van der Waals surface area contributed by atoms with Gasteiger partial charge in [0, 0.05) is 10.6 Å². The van der Waals surface area contributed by atoms with E-state index in [2.05, 4.69) is 10.3 Å². The highest BCUT2D eigenvalue weighted by molar-refractivity contribution is 8.15. The Morgan fingerprint density at radius 3 is 2.75 bits per heavy atom. The quantitative estimate of drug-likeness (QED) is 0.646. The third-order valence-electron chi connectivity index (χ3n) is 5.52. The Hall–Kier alpha value is -2.71. The van der Waals surface area contributed by atoms with Gasteiger partial charge in [-0.15, -0.1) is 0 Å². The SMILES string of the molecule is CC[C@H](C)[C@@H]1N=C2c3ccccc3N=C(S[C@H](C)C(=O)Nc3ccc(Cl)cc3F)N2C1=O. The summed E-state index contributed by atoms with van der Waals surface area (Å²) >= 11 is 6.91. The maximum Gasteiger partial charge on any atom is 0.259 e. The second-order valence-electron chi connectivity index (χ2n) is 7.74. The summed E-state index contributed by atoms with van der Waals surface area (Å²) < 4.78 is 14.1. The largest absolute Gasteiger partial charge is 0.323 e. The minimum absolute atomic E-state index is 0.0408. The summed E-state index contributed by atoms with van der Waals surface area (Å²) in [5.74, 6) is -0.544. The highest BCUT2D eigenvalue weighted by Gasteiger charge is 2.43. The van der Waals surface area contributed by atoms with Gasteiger partial charge < -0.3 is 5.32 Å². The Morgan fingerprint density at radius 2 is 2.03 bits per heavy atom. The molecule has 2 aliphatic rings. The second-order valence-corrected chi connectivity index (χ2v) is 9.49. The molecule has 0 radical (unpaired) electrons. The molecule has 3 atom stereocenters. The van der Waals surface area contributed by atoms with Crippen LogP contribution in [-0.4, -0.2) is 39.0 Å². The van der Waals surface area contributed by atoms with E-state index in [1.807, 2.05) is 38.1 Å². The number of amidine groups is 2. The van der Waals surface area contributed by atoms with Crippen LogP contribution in [0, 0.1) is 11.7 Å². The predicted octanol–water partition coefficient (Wildman–Crippen LogP) is 5.24. The number of aliphatic imine (C=N–C) groups is 2. The molecule has 0 unspecified atom stereocenters. The fourth-order valence-electron chi connectivity index (χ4n) is 3.48. The molecule has 2 aromatic carbocycles. The molecule has 0 aromatic heterocycles. The van der Waals surface area contributed by atoms with E-state index >= 15 is 0 Å². The van der Waals surface area contributed by atoms with Crippen molar-refractivity contribution in [3.05, 3.63) is 58.9 Å². The summed E-state index contributed by atoms with van der Waals surface area (Å²) in [6, 6.07) is 11.0. The Labute approximate surface area is 195 Å². The van der Waals surface area contributed by atoms with Crippen molar-refractivity contribution in [3.63, 3.8) is 0 Å². The van der Waals surface area contributed by atoms with Crippen molar-refractivity contribution in [2.75, 3.05) is 5.32 Å². The highest BCUT2D eigenvalue weighted by Crippen LogP contribution is 2.36. The molecule has 2 amide bonds. The monoisotopic (exact) mass is 472 g/mol. The summed E-state index contributed by atoms with van der Waals surface area (Å²) in [6.07, 6.45) is 0.813. The van der Waals surface area contributed by atoms with E-state index in [0.717, 1.165) is 29.8 Å². The highest BCUT2D eigenvalue weighted by atomic mass is 35.5. The van der Waals surface area contributed by atoms with Gasteiger partial charge in [-0.25, -0.2) is 14.3 Å². The van der Waals surface area contributed by atoms with Gasteiger partial charge >= 0.3 is 0 Å². The number of fused-ring (bicyclic) bond motifs is 3. The van der Waals surface area contributed by atoms with E-state index in [9.17, 15) is 14.0 Å². The first-order valence-electron chi connectivity index (χ1n) is 10.3. The smallest absolute Gasteiger partial charge is 0.259 e. The molecule has 9 heteroatoms. The number of nitrogens with one attached hydrogen (secondary N) is 1. The summed E-state index contributed by atoms with van der Waals surface area (Å²) in [4.78, 5) is 36.9. The van der Waals surface area contributed by atoms with Crippen molar-refractivity contribution in [2.24, 2.45) is 15.9 Å². The Balaban J connectivity index is 1.60. The van der Waals surface area contributed by atoms with Gasteiger partial charge in [0.2, 0.25) is 5.91 Å². The number of benzene rings is 2. The van der Waals surface area contributed by atoms with Crippen molar-refractivity contribution < 1.29 is 14.0 Å². The van der Waals surface area contributed by atoms with E-state index in [1.54, 1.807) is 6.92 Å². The zero-order chi connectivity index (χ0) is 23.0. The lowest BCUT2D eigenvalue weighted by Crippen LogP contribution is -2.43. The van der Waals surface area contributed by atoms with Gasteiger partial charge in [-0.3, -0.25) is 14.6 Å². The number of thioether (sulfide) groups is 1. The summed E-state index contributed by atoms with van der Waals surface area (Å²) in [6.45, 7) is 5.70. The molecule has 32 heavy (non-hydrogen) atoms. The van der Waals surface area contributed by atoms with Gasteiger partial charge in [-0.1, -0.05) is 55.8 Å². The topological polar surface area (TPSA) is 74.1 Å². The number of nitrogens with zero attached hydrogens (tertiary/aromatic N) is 3. The van der Waals surface area contributed by atoms with Crippen LogP contribution in [0.2, 0.25) is 5.02 Å². The number of amides is 2. The van der Waals surface area contributed by atoms with E-state index in [-0.39, 0.29) is 22.5 Å². The number of carbonyl (C=O) groups is 2. The Morgan fingerprint density at radius 1 is 1.28 bits per heavy atom. The van der Waals surface area contributed by atoms with Crippen LogP contribution in [0.15, 0.2) is 52.4 Å². The van der Waals surface area contributed by atoms with Crippen LogP contribution in [0.4, 0.5) is 15.8 Å². The minimum Gasteiger partial charge on any atom is -0.323 e. The average molecular weight is 473 g/mol. The Bertz CT molecular complexity index is 1150. The molecule has 1 N–H and O–H groups in total. The second kappa shape index (κ2) is 9.03. The molecule has 0 saturated carbocycles. The lowest BCUT2D eigenvalue weighted by molar-refractivity contribution is -0.125. The van der Waals surface area contributed by atoms with Gasteiger partial charge in [-0.2, -0.15) is 0 Å². The molecule has 4 rings (SSSR count). The molecule has 166 valence electrons. The van der Waals surface area contributed by atoms with E-state index in [4.69, 9.17) is 16.6 Å². The average Bonchev–Trinajstić information content (AvgIpc) is 3.13. The number of anilines is 1. The summed E-state index contributed by atoms with van der Waals surface area (Å²) in [5, 5.41) is 2.55. The third-order valence-corrected chi connectivity index (χ3v) is 6.81. The Kier molecular flexibility index (Phi) is 6.35. The van der Waals surface area contributed by atoms with E-state index < -0.39 is 23.0 Å².